The van der Waals surface area contributed by atoms with Gasteiger partial charge in [-0.2, -0.15) is 0 Å². The molecule has 0 saturated heterocycles. The van der Waals surface area contributed by atoms with E-state index in [0.717, 1.165) is 12.1 Å². The lowest BCUT2D eigenvalue weighted by molar-refractivity contribution is 0.582. The van der Waals surface area contributed by atoms with Crippen LogP contribution in [0.5, 0.6) is 0 Å². The first-order valence-corrected chi connectivity index (χ1v) is 7.85. The van der Waals surface area contributed by atoms with E-state index in [0.29, 0.717) is 0 Å². The van der Waals surface area contributed by atoms with E-state index < -0.39 is 26.7 Å². The number of halogens is 3. The highest BCUT2D eigenvalue weighted by Crippen LogP contribution is 2.23. The monoisotopic (exact) mass is 341 g/mol. The van der Waals surface area contributed by atoms with Crippen LogP contribution in [0.1, 0.15) is 13.8 Å². The van der Waals surface area contributed by atoms with Crippen molar-refractivity contribution in [3.63, 3.8) is 0 Å². The standard InChI is InChI=1S/C11H14BrF2NO2S/c1-7(2)18(16,17)4-3-15-11-9(13)5-8(12)6-10(11)14/h5-7,15H,3-4H2,1-2H3. The number of sulfone groups is 1. The molecule has 1 rings (SSSR count). The molecule has 1 aromatic carbocycles. The second kappa shape index (κ2) is 5.97. The highest BCUT2D eigenvalue weighted by Gasteiger charge is 2.16. The Balaban J connectivity index is 2.71. The molecule has 0 radical (unpaired) electrons. The molecule has 0 atom stereocenters. The van der Waals surface area contributed by atoms with Crippen LogP contribution < -0.4 is 5.32 Å². The van der Waals surface area contributed by atoms with Gasteiger partial charge in [-0.05, 0) is 26.0 Å². The molecule has 1 N–H and O–H groups in total. The fourth-order valence-corrected chi connectivity index (χ4v) is 2.53. The minimum absolute atomic E-state index is 0.0318. The van der Waals surface area contributed by atoms with Gasteiger partial charge in [-0.1, -0.05) is 15.9 Å². The van der Waals surface area contributed by atoms with Crippen LogP contribution >= 0.6 is 15.9 Å². The SMILES string of the molecule is CC(C)S(=O)(=O)CCNc1c(F)cc(Br)cc1F. The molecule has 0 saturated carbocycles. The van der Waals surface area contributed by atoms with Crippen LogP contribution in [-0.4, -0.2) is 26.0 Å². The molecule has 0 bridgehead atoms. The molecule has 0 unspecified atom stereocenters. The van der Waals surface area contributed by atoms with Crippen LogP contribution in [0.4, 0.5) is 14.5 Å². The molecule has 0 aliphatic carbocycles. The number of anilines is 1. The van der Waals surface area contributed by atoms with E-state index in [-0.39, 0.29) is 22.5 Å². The Morgan fingerprint density at radius 3 is 2.22 bits per heavy atom. The van der Waals surface area contributed by atoms with Crippen LogP contribution in [0.15, 0.2) is 16.6 Å². The van der Waals surface area contributed by atoms with Gasteiger partial charge in [0.05, 0.1) is 11.0 Å². The predicted octanol–water partition coefficient (Wildman–Crippen LogP) is 2.96. The molecule has 0 aliphatic rings. The van der Waals surface area contributed by atoms with Crippen LogP contribution in [-0.2, 0) is 9.84 Å². The van der Waals surface area contributed by atoms with Gasteiger partial charge in [0.25, 0.3) is 0 Å². The second-order valence-corrected chi connectivity index (χ2v) is 7.68. The number of benzene rings is 1. The zero-order chi connectivity index (χ0) is 13.9. The molecule has 3 nitrogen and oxygen atoms in total. The van der Waals surface area contributed by atoms with Gasteiger partial charge in [0.1, 0.15) is 17.3 Å². The van der Waals surface area contributed by atoms with Gasteiger partial charge < -0.3 is 5.32 Å². The largest absolute Gasteiger partial charge is 0.379 e. The third-order valence-corrected chi connectivity index (χ3v) is 5.08. The van der Waals surface area contributed by atoms with Crippen LogP contribution in [0.2, 0.25) is 0 Å². The average Bonchev–Trinajstić information content (AvgIpc) is 2.21. The maximum absolute atomic E-state index is 13.4. The minimum atomic E-state index is -3.22. The van der Waals surface area contributed by atoms with E-state index in [1.807, 2.05) is 0 Å². The molecular formula is C11H14BrF2NO2S. The first kappa shape index (κ1) is 15.4. The van der Waals surface area contributed by atoms with Crippen molar-refractivity contribution in [3.05, 3.63) is 28.2 Å². The maximum atomic E-state index is 13.4. The molecule has 0 fully saturated rings. The van der Waals surface area contributed by atoms with Crippen LogP contribution in [0.25, 0.3) is 0 Å². The molecule has 0 aliphatic heterocycles. The molecule has 0 amide bonds. The average molecular weight is 342 g/mol. The zero-order valence-electron chi connectivity index (χ0n) is 10.0. The normalized spacial score (nSPS) is 11.9. The summed E-state index contributed by atoms with van der Waals surface area (Å²) in [5.74, 6) is -1.69. The number of hydrogen-bond donors (Lipinski definition) is 1. The van der Waals surface area contributed by atoms with Crippen molar-refractivity contribution in [1.82, 2.24) is 0 Å². The van der Waals surface area contributed by atoms with E-state index in [1.165, 1.54) is 0 Å². The first-order valence-electron chi connectivity index (χ1n) is 5.34. The molecule has 0 heterocycles. The molecular weight excluding hydrogens is 328 g/mol. The Labute approximate surface area is 114 Å². The van der Waals surface area contributed by atoms with Gasteiger partial charge in [-0.3, -0.25) is 0 Å². The van der Waals surface area contributed by atoms with Crippen molar-refractivity contribution < 1.29 is 17.2 Å². The summed E-state index contributed by atoms with van der Waals surface area (Å²) in [4.78, 5) is 0. The Morgan fingerprint density at radius 2 is 1.78 bits per heavy atom. The highest BCUT2D eigenvalue weighted by molar-refractivity contribution is 9.10. The highest BCUT2D eigenvalue weighted by atomic mass is 79.9. The summed E-state index contributed by atoms with van der Waals surface area (Å²) >= 11 is 2.96. The Bertz CT molecular complexity index is 509. The third-order valence-electron chi connectivity index (χ3n) is 2.41. The Hall–Kier alpha value is -0.690. The Kier molecular flexibility index (Phi) is 5.10. The third kappa shape index (κ3) is 3.91. The Morgan fingerprint density at radius 1 is 1.28 bits per heavy atom. The molecule has 0 spiro atoms. The van der Waals surface area contributed by atoms with Crippen LogP contribution in [0.3, 0.4) is 0 Å². The smallest absolute Gasteiger partial charge is 0.154 e. The quantitative estimate of drug-likeness (QED) is 0.895. The fraction of sp³-hybridized carbons (Fsp3) is 0.455. The number of rotatable bonds is 5. The zero-order valence-corrected chi connectivity index (χ0v) is 12.4. The predicted molar refractivity (Wildman–Crippen MR) is 71.5 cm³/mol. The van der Waals surface area contributed by atoms with E-state index >= 15 is 0 Å². The number of hydrogen-bond acceptors (Lipinski definition) is 3. The fourth-order valence-electron chi connectivity index (χ4n) is 1.27. The van der Waals surface area contributed by atoms with Crippen molar-refractivity contribution in [2.75, 3.05) is 17.6 Å². The molecule has 1 aromatic rings. The van der Waals surface area contributed by atoms with Gasteiger partial charge in [-0.25, -0.2) is 17.2 Å². The van der Waals surface area contributed by atoms with Gasteiger partial charge >= 0.3 is 0 Å². The molecule has 0 aromatic heterocycles. The van der Waals surface area contributed by atoms with Crippen molar-refractivity contribution in [1.29, 1.82) is 0 Å². The lowest BCUT2D eigenvalue weighted by Crippen LogP contribution is -2.23. The van der Waals surface area contributed by atoms with E-state index in [1.54, 1.807) is 13.8 Å². The molecule has 7 heteroatoms. The second-order valence-electron chi connectivity index (χ2n) is 4.09. The summed E-state index contributed by atoms with van der Waals surface area (Å²) < 4.78 is 50.1. The van der Waals surface area contributed by atoms with Crippen LogP contribution in [0, 0.1) is 11.6 Å². The number of nitrogens with one attached hydrogen (secondary N) is 1. The summed E-state index contributed by atoms with van der Waals surface area (Å²) in [6, 6.07) is 2.23. The van der Waals surface area contributed by atoms with Gasteiger partial charge in [0.15, 0.2) is 9.84 Å². The summed E-state index contributed by atoms with van der Waals surface area (Å²) in [5.41, 5.74) is -0.308. The minimum Gasteiger partial charge on any atom is -0.379 e. The lowest BCUT2D eigenvalue weighted by atomic mass is 10.3. The summed E-state index contributed by atoms with van der Waals surface area (Å²) in [7, 11) is -3.22. The maximum Gasteiger partial charge on any atom is 0.154 e. The van der Waals surface area contributed by atoms with Crippen molar-refractivity contribution >= 4 is 31.5 Å². The van der Waals surface area contributed by atoms with Crippen molar-refractivity contribution in [2.24, 2.45) is 0 Å². The van der Waals surface area contributed by atoms with Crippen molar-refractivity contribution in [2.45, 2.75) is 19.1 Å². The van der Waals surface area contributed by atoms with E-state index in [4.69, 9.17) is 0 Å². The summed E-state index contributed by atoms with van der Waals surface area (Å²) in [6.07, 6.45) is 0. The van der Waals surface area contributed by atoms with Gasteiger partial charge in [0, 0.05) is 11.0 Å². The van der Waals surface area contributed by atoms with E-state index in [2.05, 4.69) is 21.2 Å². The first-order chi connectivity index (χ1) is 8.24. The topological polar surface area (TPSA) is 46.2 Å². The van der Waals surface area contributed by atoms with Gasteiger partial charge in [0.2, 0.25) is 0 Å². The molecule has 102 valence electrons. The van der Waals surface area contributed by atoms with E-state index in [9.17, 15) is 17.2 Å². The molecule has 18 heavy (non-hydrogen) atoms. The summed E-state index contributed by atoms with van der Waals surface area (Å²) in [6.45, 7) is 3.10. The lowest BCUT2D eigenvalue weighted by Gasteiger charge is -2.11. The summed E-state index contributed by atoms with van der Waals surface area (Å²) in [5, 5.41) is 1.97. The van der Waals surface area contributed by atoms with Gasteiger partial charge in [-0.15, -0.1) is 0 Å². The van der Waals surface area contributed by atoms with Crippen molar-refractivity contribution in [3.8, 4) is 0 Å².